The van der Waals surface area contributed by atoms with Gasteiger partial charge in [0, 0.05) is 0 Å². The highest BCUT2D eigenvalue weighted by molar-refractivity contribution is 6.05. The van der Waals surface area contributed by atoms with E-state index in [0.29, 0.717) is 36.8 Å². The molecule has 2 heterocycles. The van der Waals surface area contributed by atoms with Crippen LogP contribution in [0.1, 0.15) is 87.7 Å². The Bertz CT molecular complexity index is 890. The molecule has 2 aliphatic heterocycles. The van der Waals surface area contributed by atoms with E-state index in [9.17, 15) is 0 Å². The van der Waals surface area contributed by atoms with Crippen LogP contribution in [0.15, 0.2) is 58.5 Å². The molecule has 0 aliphatic carbocycles. The fourth-order valence-corrected chi connectivity index (χ4v) is 4.07. The molecule has 2 aromatic carbocycles. The van der Waals surface area contributed by atoms with Crippen LogP contribution >= 0.6 is 0 Å². The van der Waals surface area contributed by atoms with Crippen molar-refractivity contribution in [1.82, 2.24) is 0 Å². The molecule has 0 radical (unpaired) electrons. The Hall–Kier alpha value is -2.62. The molecule has 0 fully saturated rings. The predicted octanol–water partition coefficient (Wildman–Crippen LogP) is 6.60. The van der Waals surface area contributed by atoms with Gasteiger partial charge in [-0.05, 0) is 47.9 Å². The summed E-state index contributed by atoms with van der Waals surface area (Å²) in [6, 6.07) is 17.5. The third-order valence-corrected chi connectivity index (χ3v) is 6.35. The zero-order valence-corrected chi connectivity index (χ0v) is 19.6. The number of aliphatic imine (C=N–C) groups is 2. The molecule has 0 saturated carbocycles. The van der Waals surface area contributed by atoms with Gasteiger partial charge in [-0.25, -0.2) is 9.98 Å². The van der Waals surface area contributed by atoms with Crippen molar-refractivity contribution in [2.75, 3.05) is 13.2 Å². The van der Waals surface area contributed by atoms with Gasteiger partial charge in [-0.1, -0.05) is 76.2 Å². The normalized spacial score (nSPS) is 21.2. The van der Waals surface area contributed by atoms with Gasteiger partial charge in [0.1, 0.15) is 30.7 Å². The second kappa shape index (κ2) is 8.49. The van der Waals surface area contributed by atoms with Crippen LogP contribution in [-0.4, -0.2) is 25.0 Å². The zero-order chi connectivity index (χ0) is 22.2. The van der Waals surface area contributed by atoms with Crippen LogP contribution < -0.4 is 0 Å². The van der Waals surface area contributed by atoms with Gasteiger partial charge in [0.15, 0.2) is 11.8 Å². The maximum atomic E-state index is 6.05. The van der Waals surface area contributed by atoms with E-state index < -0.39 is 5.41 Å². The summed E-state index contributed by atoms with van der Waals surface area (Å²) in [5.41, 5.74) is 4.57. The van der Waals surface area contributed by atoms with Crippen molar-refractivity contribution in [1.29, 1.82) is 0 Å². The lowest BCUT2D eigenvalue weighted by Gasteiger charge is -2.22. The second-order valence-electron chi connectivity index (χ2n) is 9.79. The van der Waals surface area contributed by atoms with Gasteiger partial charge < -0.3 is 9.47 Å². The molecule has 164 valence electrons. The fourth-order valence-electron chi connectivity index (χ4n) is 4.07. The molecule has 0 amide bonds. The summed E-state index contributed by atoms with van der Waals surface area (Å²) in [5, 5.41) is 0. The van der Waals surface area contributed by atoms with E-state index in [1.54, 1.807) is 0 Å². The van der Waals surface area contributed by atoms with Crippen molar-refractivity contribution in [3.63, 3.8) is 0 Å². The molecular formula is C27H34N2O2. The maximum absolute atomic E-state index is 6.05. The zero-order valence-electron chi connectivity index (χ0n) is 19.6. The molecule has 0 aromatic heterocycles. The highest BCUT2D eigenvalue weighted by Crippen LogP contribution is 2.36. The molecule has 0 N–H and O–H groups in total. The Labute approximate surface area is 186 Å². The molecule has 4 rings (SSSR count). The van der Waals surface area contributed by atoms with Crippen molar-refractivity contribution < 1.29 is 9.47 Å². The number of hydrogen-bond acceptors (Lipinski definition) is 4. The molecule has 2 atom stereocenters. The van der Waals surface area contributed by atoms with Crippen LogP contribution in [-0.2, 0) is 9.47 Å². The third-order valence-electron chi connectivity index (χ3n) is 6.35. The van der Waals surface area contributed by atoms with Crippen molar-refractivity contribution >= 4 is 11.8 Å². The van der Waals surface area contributed by atoms with Crippen molar-refractivity contribution in [3.05, 3.63) is 70.8 Å². The minimum atomic E-state index is -0.487. The maximum Gasteiger partial charge on any atom is 0.199 e. The summed E-state index contributed by atoms with van der Waals surface area (Å²) < 4.78 is 12.1. The molecular weight excluding hydrogens is 384 g/mol. The Morgan fingerprint density at radius 1 is 0.677 bits per heavy atom. The van der Waals surface area contributed by atoms with E-state index in [4.69, 9.17) is 19.5 Å². The van der Waals surface area contributed by atoms with Crippen LogP contribution in [0.3, 0.4) is 0 Å². The first-order valence-electron chi connectivity index (χ1n) is 11.4. The van der Waals surface area contributed by atoms with Crippen LogP contribution in [0.25, 0.3) is 0 Å². The minimum Gasteiger partial charge on any atom is -0.478 e. The Morgan fingerprint density at radius 3 is 1.35 bits per heavy atom. The summed E-state index contributed by atoms with van der Waals surface area (Å²) >= 11 is 0. The number of ether oxygens (including phenoxy) is 2. The van der Waals surface area contributed by atoms with E-state index in [0.717, 1.165) is 0 Å². The van der Waals surface area contributed by atoms with Crippen molar-refractivity contribution in [3.8, 4) is 0 Å². The quantitative estimate of drug-likeness (QED) is 0.530. The van der Waals surface area contributed by atoms with E-state index in [-0.39, 0.29) is 12.1 Å². The Balaban J connectivity index is 1.50. The molecule has 2 aromatic rings. The first kappa shape index (κ1) is 21.6. The highest BCUT2D eigenvalue weighted by Gasteiger charge is 2.41. The Morgan fingerprint density at radius 2 is 1.03 bits per heavy atom. The van der Waals surface area contributed by atoms with Gasteiger partial charge in [-0.2, -0.15) is 0 Å². The summed E-state index contributed by atoms with van der Waals surface area (Å²) in [6.07, 6.45) is 0. The molecule has 4 nitrogen and oxygen atoms in total. The number of rotatable bonds is 6. The van der Waals surface area contributed by atoms with Crippen LogP contribution in [0.2, 0.25) is 0 Å². The van der Waals surface area contributed by atoms with Gasteiger partial charge in [0.2, 0.25) is 0 Å². The molecule has 0 spiro atoms. The highest BCUT2D eigenvalue weighted by atomic mass is 16.5. The lowest BCUT2D eigenvalue weighted by atomic mass is 9.92. The lowest BCUT2D eigenvalue weighted by molar-refractivity contribution is 0.265. The number of hydrogen-bond donors (Lipinski definition) is 0. The average molecular weight is 419 g/mol. The third kappa shape index (κ3) is 4.39. The SMILES string of the molecule is CC(C)c1ccc([C@H]2COC(C(C)(C)C3=N[C@@H](c4ccc(C(C)C)cc4)CO3)=N2)cc1. The first-order chi connectivity index (χ1) is 14.8. The van der Waals surface area contributed by atoms with Crippen molar-refractivity contribution in [2.45, 2.75) is 65.5 Å². The summed E-state index contributed by atoms with van der Waals surface area (Å²) in [4.78, 5) is 9.82. The average Bonchev–Trinajstić information content (AvgIpc) is 3.45. The van der Waals surface area contributed by atoms with Crippen LogP contribution in [0, 0.1) is 5.41 Å². The summed E-state index contributed by atoms with van der Waals surface area (Å²) in [7, 11) is 0. The van der Waals surface area contributed by atoms with Gasteiger partial charge in [-0.15, -0.1) is 0 Å². The van der Waals surface area contributed by atoms with Gasteiger partial charge >= 0.3 is 0 Å². The smallest absolute Gasteiger partial charge is 0.199 e. The lowest BCUT2D eigenvalue weighted by Crippen LogP contribution is -2.34. The first-order valence-corrected chi connectivity index (χ1v) is 11.4. The minimum absolute atomic E-state index is 0.0249. The predicted molar refractivity (Wildman–Crippen MR) is 127 cm³/mol. The molecule has 2 aliphatic rings. The largest absolute Gasteiger partial charge is 0.478 e. The van der Waals surface area contributed by atoms with Crippen molar-refractivity contribution in [2.24, 2.45) is 15.4 Å². The standard InChI is InChI=1S/C27H34N2O2/c1-17(2)19-7-11-21(12-8-19)23-15-30-25(28-23)27(5,6)26-29-24(16-31-26)22-13-9-20(10-14-22)18(3)4/h7-14,17-18,23-24H,15-16H2,1-6H3/t23-,24-/m1/s1. The van der Waals surface area contributed by atoms with Crippen LogP contribution in [0.5, 0.6) is 0 Å². The van der Waals surface area contributed by atoms with E-state index in [1.807, 2.05) is 0 Å². The second-order valence-corrected chi connectivity index (χ2v) is 9.79. The molecule has 0 unspecified atom stereocenters. The fraction of sp³-hybridized carbons (Fsp3) is 0.481. The van der Waals surface area contributed by atoms with E-state index in [1.165, 1.54) is 22.3 Å². The van der Waals surface area contributed by atoms with Gasteiger partial charge in [0.05, 0.1) is 0 Å². The monoisotopic (exact) mass is 418 g/mol. The Kier molecular flexibility index (Phi) is 5.92. The van der Waals surface area contributed by atoms with E-state index >= 15 is 0 Å². The topological polar surface area (TPSA) is 43.2 Å². The van der Waals surface area contributed by atoms with Crippen LogP contribution in [0.4, 0.5) is 0 Å². The van der Waals surface area contributed by atoms with Gasteiger partial charge in [0.25, 0.3) is 0 Å². The molecule has 31 heavy (non-hydrogen) atoms. The number of benzene rings is 2. The van der Waals surface area contributed by atoms with E-state index in [2.05, 4.69) is 90.1 Å². The van der Waals surface area contributed by atoms with Gasteiger partial charge in [-0.3, -0.25) is 0 Å². The molecule has 4 heteroatoms. The summed E-state index contributed by atoms with van der Waals surface area (Å²) in [5.74, 6) is 2.47. The molecule has 0 saturated heterocycles. The molecule has 0 bridgehead atoms. The summed E-state index contributed by atoms with van der Waals surface area (Å²) in [6.45, 7) is 14.1. The number of nitrogens with zero attached hydrogens (tertiary/aromatic N) is 2.